The van der Waals surface area contributed by atoms with Gasteiger partial charge in [-0.3, -0.25) is 0 Å². The van der Waals surface area contributed by atoms with Gasteiger partial charge in [-0.15, -0.1) is 0 Å². The minimum atomic E-state index is -0.657. The van der Waals surface area contributed by atoms with E-state index in [1.165, 1.54) is 0 Å². The number of rotatable bonds is 5. The molecule has 1 heterocycles. The van der Waals surface area contributed by atoms with Crippen LogP contribution in [0.5, 0.6) is 0 Å². The van der Waals surface area contributed by atoms with Crippen LogP contribution in [0.3, 0.4) is 0 Å². The van der Waals surface area contributed by atoms with Gasteiger partial charge in [0.1, 0.15) is 5.69 Å². The van der Waals surface area contributed by atoms with E-state index >= 15 is 0 Å². The fourth-order valence-electron chi connectivity index (χ4n) is 2.84. The SMILES string of the molecule is CCCN(CC1CCCCN1)c1c(F)cc(C#N)cc1F. The number of benzene rings is 1. The van der Waals surface area contributed by atoms with E-state index in [9.17, 15) is 8.78 Å². The Labute approximate surface area is 124 Å². The molecule has 1 aliphatic rings. The van der Waals surface area contributed by atoms with Gasteiger partial charge in [0.05, 0.1) is 11.6 Å². The Morgan fingerprint density at radius 3 is 2.57 bits per heavy atom. The number of nitrogens with one attached hydrogen (secondary N) is 1. The average molecular weight is 293 g/mol. The first kappa shape index (κ1) is 15.7. The predicted octanol–water partition coefficient (Wildman–Crippen LogP) is 3.19. The van der Waals surface area contributed by atoms with Crippen molar-refractivity contribution in [3.63, 3.8) is 0 Å². The second kappa shape index (κ2) is 7.37. The fraction of sp³-hybridized carbons (Fsp3) is 0.562. The molecule has 0 radical (unpaired) electrons. The van der Waals surface area contributed by atoms with Gasteiger partial charge < -0.3 is 10.2 Å². The first-order valence-corrected chi connectivity index (χ1v) is 7.53. The molecule has 0 aliphatic carbocycles. The molecule has 1 aromatic carbocycles. The summed E-state index contributed by atoms with van der Waals surface area (Å²) in [7, 11) is 0. The van der Waals surface area contributed by atoms with Gasteiger partial charge in [-0.05, 0) is 37.9 Å². The molecule has 114 valence electrons. The van der Waals surface area contributed by atoms with E-state index in [0.717, 1.165) is 44.4 Å². The number of piperidine rings is 1. The highest BCUT2D eigenvalue weighted by atomic mass is 19.1. The van der Waals surface area contributed by atoms with Gasteiger partial charge in [0, 0.05) is 19.1 Å². The van der Waals surface area contributed by atoms with Crippen molar-refractivity contribution in [2.75, 3.05) is 24.5 Å². The Hall–Kier alpha value is -1.67. The molecule has 5 heteroatoms. The normalized spacial score (nSPS) is 18.3. The lowest BCUT2D eigenvalue weighted by Crippen LogP contribution is -2.44. The second-order valence-electron chi connectivity index (χ2n) is 5.49. The summed E-state index contributed by atoms with van der Waals surface area (Å²) in [5.74, 6) is -1.31. The largest absolute Gasteiger partial charge is 0.365 e. The zero-order valence-electron chi connectivity index (χ0n) is 12.3. The van der Waals surface area contributed by atoms with Gasteiger partial charge in [0.2, 0.25) is 0 Å². The Balaban J connectivity index is 2.23. The molecule has 0 amide bonds. The minimum absolute atomic E-state index is 0.0109. The smallest absolute Gasteiger partial charge is 0.150 e. The van der Waals surface area contributed by atoms with E-state index in [0.29, 0.717) is 13.1 Å². The van der Waals surface area contributed by atoms with Crippen molar-refractivity contribution in [3.05, 3.63) is 29.3 Å². The van der Waals surface area contributed by atoms with Crippen LogP contribution in [-0.2, 0) is 0 Å². The standard InChI is InChI=1S/C16H21F2N3/c1-2-7-21(11-13-5-3-4-6-20-13)16-14(17)8-12(10-19)9-15(16)18/h8-9,13,20H,2-7,11H2,1H3. The van der Waals surface area contributed by atoms with E-state index in [1.807, 2.05) is 6.92 Å². The molecule has 1 saturated heterocycles. The Morgan fingerprint density at radius 1 is 1.33 bits per heavy atom. The number of halogens is 2. The third kappa shape index (κ3) is 3.92. The number of nitriles is 1. The average Bonchev–Trinajstić information content (AvgIpc) is 2.47. The van der Waals surface area contributed by atoms with Crippen LogP contribution in [-0.4, -0.2) is 25.7 Å². The van der Waals surface area contributed by atoms with Crippen LogP contribution in [0.1, 0.15) is 38.2 Å². The van der Waals surface area contributed by atoms with E-state index in [1.54, 1.807) is 11.0 Å². The molecule has 1 N–H and O–H groups in total. The second-order valence-corrected chi connectivity index (χ2v) is 5.49. The zero-order valence-corrected chi connectivity index (χ0v) is 12.3. The predicted molar refractivity (Wildman–Crippen MR) is 79.2 cm³/mol. The van der Waals surface area contributed by atoms with Crippen molar-refractivity contribution in [1.82, 2.24) is 5.32 Å². The molecule has 1 atom stereocenters. The lowest BCUT2D eigenvalue weighted by molar-refractivity contribution is 0.396. The third-order valence-electron chi connectivity index (χ3n) is 3.81. The number of anilines is 1. The maximum absolute atomic E-state index is 14.2. The first-order valence-electron chi connectivity index (χ1n) is 7.53. The van der Waals surface area contributed by atoms with E-state index in [-0.39, 0.29) is 17.3 Å². The Bertz CT molecular complexity index is 496. The van der Waals surface area contributed by atoms with Crippen molar-refractivity contribution in [2.24, 2.45) is 0 Å². The van der Waals surface area contributed by atoms with Crippen molar-refractivity contribution in [3.8, 4) is 6.07 Å². The molecule has 0 saturated carbocycles. The Morgan fingerprint density at radius 2 is 2.05 bits per heavy atom. The maximum atomic E-state index is 14.2. The minimum Gasteiger partial charge on any atom is -0.365 e. The molecule has 3 nitrogen and oxygen atoms in total. The van der Waals surface area contributed by atoms with Crippen LogP contribution >= 0.6 is 0 Å². The summed E-state index contributed by atoms with van der Waals surface area (Å²) in [4.78, 5) is 1.76. The van der Waals surface area contributed by atoms with Gasteiger partial charge >= 0.3 is 0 Å². The summed E-state index contributed by atoms with van der Waals surface area (Å²) in [6.45, 7) is 4.13. The summed E-state index contributed by atoms with van der Waals surface area (Å²) < 4.78 is 28.3. The van der Waals surface area contributed by atoms with E-state index in [4.69, 9.17) is 5.26 Å². The number of nitrogens with zero attached hydrogens (tertiary/aromatic N) is 2. The molecule has 1 fully saturated rings. The molecule has 0 aromatic heterocycles. The fourth-order valence-corrected chi connectivity index (χ4v) is 2.84. The molecule has 1 unspecified atom stereocenters. The van der Waals surface area contributed by atoms with Crippen LogP contribution in [0, 0.1) is 23.0 Å². The van der Waals surface area contributed by atoms with Gasteiger partial charge in [0.25, 0.3) is 0 Å². The third-order valence-corrected chi connectivity index (χ3v) is 3.81. The molecule has 1 aromatic rings. The van der Waals surface area contributed by atoms with Crippen molar-refractivity contribution in [1.29, 1.82) is 5.26 Å². The lowest BCUT2D eigenvalue weighted by atomic mass is 10.0. The van der Waals surface area contributed by atoms with Crippen LogP contribution in [0.25, 0.3) is 0 Å². The lowest BCUT2D eigenvalue weighted by Gasteiger charge is -2.32. The monoisotopic (exact) mass is 293 g/mol. The zero-order chi connectivity index (χ0) is 15.2. The highest BCUT2D eigenvalue weighted by molar-refractivity contribution is 5.52. The van der Waals surface area contributed by atoms with Crippen LogP contribution in [0.4, 0.5) is 14.5 Å². The molecule has 0 spiro atoms. The van der Waals surface area contributed by atoms with Gasteiger partial charge in [-0.1, -0.05) is 13.3 Å². The summed E-state index contributed by atoms with van der Waals surface area (Å²) in [5.41, 5.74) is 0.00390. The van der Waals surface area contributed by atoms with Crippen molar-refractivity contribution < 1.29 is 8.78 Å². The van der Waals surface area contributed by atoms with Crippen LogP contribution in [0.15, 0.2) is 12.1 Å². The van der Waals surface area contributed by atoms with Crippen LogP contribution < -0.4 is 10.2 Å². The summed E-state index contributed by atoms with van der Waals surface area (Å²) in [6, 6.07) is 4.25. The van der Waals surface area contributed by atoms with Crippen LogP contribution in [0.2, 0.25) is 0 Å². The van der Waals surface area contributed by atoms with Crippen molar-refractivity contribution >= 4 is 5.69 Å². The molecule has 21 heavy (non-hydrogen) atoms. The molecule has 0 bridgehead atoms. The van der Waals surface area contributed by atoms with E-state index in [2.05, 4.69) is 5.32 Å². The number of hydrogen-bond donors (Lipinski definition) is 1. The Kier molecular flexibility index (Phi) is 5.51. The molecule has 1 aliphatic heterocycles. The first-order chi connectivity index (χ1) is 10.2. The summed E-state index contributed by atoms with van der Waals surface area (Å²) in [5, 5.41) is 12.2. The quantitative estimate of drug-likeness (QED) is 0.906. The highest BCUT2D eigenvalue weighted by Crippen LogP contribution is 2.26. The molecular weight excluding hydrogens is 272 g/mol. The van der Waals surface area contributed by atoms with Crippen molar-refractivity contribution in [2.45, 2.75) is 38.6 Å². The van der Waals surface area contributed by atoms with Gasteiger partial charge in [-0.2, -0.15) is 5.26 Å². The number of hydrogen-bond acceptors (Lipinski definition) is 3. The maximum Gasteiger partial charge on any atom is 0.150 e. The van der Waals surface area contributed by atoms with E-state index < -0.39 is 11.6 Å². The topological polar surface area (TPSA) is 39.1 Å². The molecular formula is C16H21F2N3. The summed E-state index contributed by atoms with van der Waals surface area (Å²) >= 11 is 0. The molecule has 2 rings (SSSR count). The van der Waals surface area contributed by atoms with Gasteiger partial charge in [-0.25, -0.2) is 8.78 Å². The van der Waals surface area contributed by atoms with Gasteiger partial charge in [0.15, 0.2) is 11.6 Å². The highest BCUT2D eigenvalue weighted by Gasteiger charge is 2.22. The summed E-state index contributed by atoms with van der Waals surface area (Å²) in [6.07, 6.45) is 4.14.